The van der Waals surface area contributed by atoms with Gasteiger partial charge in [-0.1, -0.05) is 23.7 Å². The molecule has 0 fully saturated rings. The van der Waals surface area contributed by atoms with Crippen molar-refractivity contribution < 1.29 is 9.31 Å². The molecule has 0 aliphatic carbocycles. The first-order valence-electron chi connectivity index (χ1n) is 5.48. The number of non-ortho nitro benzene ring substituents is 1. The van der Waals surface area contributed by atoms with E-state index in [4.69, 9.17) is 11.6 Å². The maximum absolute atomic E-state index is 12.9. The van der Waals surface area contributed by atoms with Crippen LogP contribution in [0.2, 0.25) is 5.02 Å². The summed E-state index contributed by atoms with van der Waals surface area (Å²) in [6.07, 6.45) is 0. The number of halogens is 2. The van der Waals surface area contributed by atoms with Crippen LogP contribution in [-0.2, 0) is 6.54 Å². The van der Waals surface area contributed by atoms with Gasteiger partial charge in [-0.25, -0.2) is 4.39 Å². The molecule has 0 aliphatic rings. The van der Waals surface area contributed by atoms with Crippen LogP contribution in [0.5, 0.6) is 0 Å². The van der Waals surface area contributed by atoms with Crippen molar-refractivity contribution in [3.8, 4) is 0 Å². The summed E-state index contributed by atoms with van der Waals surface area (Å²) < 4.78 is 12.9. The van der Waals surface area contributed by atoms with Gasteiger partial charge in [-0.2, -0.15) is 0 Å². The molecule has 0 radical (unpaired) electrons. The molecule has 0 saturated heterocycles. The molecular formula is C13H10ClFN2O2. The number of nitro groups is 1. The molecule has 0 spiro atoms. The van der Waals surface area contributed by atoms with Crippen LogP contribution in [0.1, 0.15) is 5.56 Å². The fourth-order valence-electron chi connectivity index (χ4n) is 1.57. The first kappa shape index (κ1) is 13.3. The van der Waals surface area contributed by atoms with Crippen LogP contribution in [0.15, 0.2) is 42.5 Å². The highest BCUT2D eigenvalue weighted by Gasteiger charge is 2.05. The molecule has 2 aromatic rings. The van der Waals surface area contributed by atoms with Gasteiger partial charge in [0.1, 0.15) is 5.82 Å². The zero-order valence-corrected chi connectivity index (χ0v) is 10.5. The summed E-state index contributed by atoms with van der Waals surface area (Å²) in [5, 5.41) is 13.8. The van der Waals surface area contributed by atoms with Crippen molar-refractivity contribution in [1.29, 1.82) is 0 Å². The van der Waals surface area contributed by atoms with E-state index >= 15 is 0 Å². The van der Waals surface area contributed by atoms with Gasteiger partial charge in [-0.05, 0) is 23.8 Å². The smallest absolute Gasteiger partial charge is 0.269 e. The average molecular weight is 281 g/mol. The first-order valence-corrected chi connectivity index (χ1v) is 5.86. The average Bonchev–Trinajstić information content (AvgIpc) is 2.38. The Balaban J connectivity index is 2.04. The van der Waals surface area contributed by atoms with Crippen LogP contribution in [-0.4, -0.2) is 4.92 Å². The predicted molar refractivity (Wildman–Crippen MR) is 71.8 cm³/mol. The standard InChI is InChI=1S/C13H10ClFN2O2/c14-12-7-10(15)3-6-13(12)16-8-9-1-4-11(5-2-9)17(18)19/h1-7,16H,8H2. The summed E-state index contributed by atoms with van der Waals surface area (Å²) in [5.74, 6) is -0.397. The number of nitrogens with zero attached hydrogens (tertiary/aromatic N) is 1. The van der Waals surface area contributed by atoms with E-state index in [-0.39, 0.29) is 5.69 Å². The molecule has 0 aliphatic heterocycles. The molecule has 0 amide bonds. The monoisotopic (exact) mass is 280 g/mol. The lowest BCUT2D eigenvalue weighted by molar-refractivity contribution is -0.384. The zero-order valence-electron chi connectivity index (χ0n) is 9.77. The molecule has 1 N–H and O–H groups in total. The Labute approximate surface area is 114 Å². The van der Waals surface area contributed by atoms with E-state index in [1.54, 1.807) is 18.2 Å². The highest BCUT2D eigenvalue weighted by atomic mass is 35.5. The fraction of sp³-hybridized carbons (Fsp3) is 0.0769. The van der Waals surface area contributed by atoms with E-state index < -0.39 is 10.7 Å². The van der Waals surface area contributed by atoms with Gasteiger partial charge in [0.15, 0.2) is 0 Å². The van der Waals surface area contributed by atoms with E-state index in [0.717, 1.165) is 5.56 Å². The van der Waals surface area contributed by atoms with Crippen LogP contribution in [0.25, 0.3) is 0 Å². The van der Waals surface area contributed by atoms with Crippen molar-refractivity contribution in [3.63, 3.8) is 0 Å². The van der Waals surface area contributed by atoms with E-state index in [1.165, 1.54) is 24.3 Å². The van der Waals surface area contributed by atoms with Crippen molar-refractivity contribution >= 4 is 23.0 Å². The number of benzene rings is 2. The molecule has 19 heavy (non-hydrogen) atoms. The number of nitro benzene ring substituents is 1. The molecule has 2 aromatic carbocycles. The molecule has 6 heteroatoms. The molecule has 0 unspecified atom stereocenters. The third-order valence-electron chi connectivity index (χ3n) is 2.56. The number of anilines is 1. The number of nitrogens with one attached hydrogen (secondary N) is 1. The van der Waals surface area contributed by atoms with E-state index in [0.29, 0.717) is 17.3 Å². The number of hydrogen-bond acceptors (Lipinski definition) is 3. The molecule has 0 heterocycles. The second-order valence-corrected chi connectivity index (χ2v) is 4.31. The van der Waals surface area contributed by atoms with Crippen LogP contribution in [0, 0.1) is 15.9 Å². The number of hydrogen-bond donors (Lipinski definition) is 1. The van der Waals surface area contributed by atoms with Crippen molar-refractivity contribution in [2.24, 2.45) is 0 Å². The summed E-state index contributed by atoms with van der Waals surface area (Å²) in [4.78, 5) is 10.1. The molecule has 0 aromatic heterocycles. The third kappa shape index (κ3) is 3.42. The lowest BCUT2D eigenvalue weighted by atomic mass is 10.2. The molecule has 0 atom stereocenters. The van der Waals surface area contributed by atoms with E-state index in [9.17, 15) is 14.5 Å². The number of rotatable bonds is 4. The van der Waals surface area contributed by atoms with Crippen LogP contribution in [0.4, 0.5) is 15.8 Å². The second kappa shape index (κ2) is 5.67. The minimum absolute atomic E-state index is 0.0450. The quantitative estimate of drug-likeness (QED) is 0.680. The molecule has 2 rings (SSSR count). The maximum atomic E-state index is 12.9. The van der Waals surface area contributed by atoms with Crippen molar-refractivity contribution in [1.82, 2.24) is 0 Å². The van der Waals surface area contributed by atoms with Gasteiger partial charge < -0.3 is 5.32 Å². The Morgan fingerprint density at radius 3 is 2.47 bits per heavy atom. The molecule has 98 valence electrons. The predicted octanol–water partition coefficient (Wildman–Crippen LogP) is 4.00. The van der Waals surface area contributed by atoms with Crippen LogP contribution < -0.4 is 5.32 Å². The Bertz CT molecular complexity index is 602. The Kier molecular flexibility index (Phi) is 3.97. The lowest BCUT2D eigenvalue weighted by Gasteiger charge is -2.08. The van der Waals surface area contributed by atoms with E-state index in [2.05, 4.69) is 5.32 Å². The Hall–Kier alpha value is -2.14. The lowest BCUT2D eigenvalue weighted by Crippen LogP contribution is -2.00. The summed E-state index contributed by atoms with van der Waals surface area (Å²) in [7, 11) is 0. The molecule has 0 saturated carbocycles. The van der Waals surface area contributed by atoms with Gasteiger partial charge in [-0.15, -0.1) is 0 Å². The molecular weight excluding hydrogens is 271 g/mol. The largest absolute Gasteiger partial charge is 0.380 e. The van der Waals surface area contributed by atoms with Gasteiger partial charge >= 0.3 is 0 Å². The fourth-order valence-corrected chi connectivity index (χ4v) is 1.80. The van der Waals surface area contributed by atoms with Gasteiger partial charge in [0.05, 0.1) is 15.6 Å². The van der Waals surface area contributed by atoms with E-state index in [1.807, 2.05) is 0 Å². The topological polar surface area (TPSA) is 55.2 Å². The summed E-state index contributed by atoms with van der Waals surface area (Å²) >= 11 is 5.87. The first-order chi connectivity index (χ1) is 9.06. The van der Waals surface area contributed by atoms with Crippen molar-refractivity contribution in [3.05, 3.63) is 69.0 Å². The minimum Gasteiger partial charge on any atom is -0.380 e. The van der Waals surface area contributed by atoms with Gasteiger partial charge in [0.25, 0.3) is 5.69 Å². The van der Waals surface area contributed by atoms with Gasteiger partial charge in [-0.3, -0.25) is 10.1 Å². The normalized spacial score (nSPS) is 10.2. The Morgan fingerprint density at radius 2 is 1.89 bits per heavy atom. The SMILES string of the molecule is O=[N+]([O-])c1ccc(CNc2ccc(F)cc2Cl)cc1. The third-order valence-corrected chi connectivity index (χ3v) is 2.87. The van der Waals surface area contributed by atoms with Gasteiger partial charge in [0.2, 0.25) is 0 Å². The zero-order chi connectivity index (χ0) is 13.8. The van der Waals surface area contributed by atoms with Gasteiger partial charge in [0, 0.05) is 18.7 Å². The maximum Gasteiger partial charge on any atom is 0.269 e. The second-order valence-electron chi connectivity index (χ2n) is 3.90. The Morgan fingerprint density at radius 1 is 1.21 bits per heavy atom. The highest BCUT2D eigenvalue weighted by molar-refractivity contribution is 6.33. The summed E-state index contributed by atoms with van der Waals surface area (Å²) in [6.45, 7) is 0.448. The van der Waals surface area contributed by atoms with Crippen LogP contribution in [0.3, 0.4) is 0 Å². The minimum atomic E-state index is -0.450. The molecule has 0 bridgehead atoms. The van der Waals surface area contributed by atoms with Crippen LogP contribution >= 0.6 is 11.6 Å². The van der Waals surface area contributed by atoms with Crippen molar-refractivity contribution in [2.75, 3.05) is 5.32 Å². The summed E-state index contributed by atoms with van der Waals surface area (Å²) in [6, 6.07) is 10.3. The summed E-state index contributed by atoms with van der Waals surface area (Å²) in [5.41, 5.74) is 1.52. The highest BCUT2D eigenvalue weighted by Crippen LogP contribution is 2.23. The van der Waals surface area contributed by atoms with Crippen molar-refractivity contribution in [2.45, 2.75) is 6.54 Å². The molecule has 4 nitrogen and oxygen atoms in total.